The Labute approximate surface area is 182 Å². The number of carbonyl (C=O) groups is 2. The molecule has 0 aliphatic carbocycles. The number of benzene rings is 1. The van der Waals surface area contributed by atoms with Crippen LogP contribution in [-0.4, -0.2) is 23.1 Å². The smallest absolute Gasteiger partial charge is 0.331 e. The van der Waals surface area contributed by atoms with Gasteiger partial charge in [-0.25, -0.2) is 4.79 Å². The van der Waals surface area contributed by atoms with Gasteiger partial charge in [-0.3, -0.25) is 4.79 Å². The van der Waals surface area contributed by atoms with E-state index in [0.29, 0.717) is 6.54 Å². The summed E-state index contributed by atoms with van der Waals surface area (Å²) in [5, 5.41) is 2.82. The van der Waals surface area contributed by atoms with Crippen LogP contribution in [0.2, 0.25) is 0 Å². The number of esters is 1. The Hall–Kier alpha value is -3.54. The minimum absolute atomic E-state index is 0.340. The van der Waals surface area contributed by atoms with Gasteiger partial charge in [0.05, 0.1) is 12.8 Å². The number of furan rings is 1. The lowest BCUT2D eigenvalue weighted by molar-refractivity contribution is -0.142. The second kappa shape index (κ2) is 9.51. The summed E-state index contributed by atoms with van der Waals surface area (Å²) in [6.45, 7) is 10.2. The first-order chi connectivity index (χ1) is 14.7. The van der Waals surface area contributed by atoms with E-state index < -0.39 is 5.97 Å². The van der Waals surface area contributed by atoms with Crippen LogP contribution in [0.1, 0.15) is 39.4 Å². The van der Waals surface area contributed by atoms with E-state index in [4.69, 9.17) is 9.15 Å². The number of nitrogens with one attached hydrogen (secondary N) is 1. The summed E-state index contributed by atoms with van der Waals surface area (Å²) in [7, 11) is 0. The van der Waals surface area contributed by atoms with Gasteiger partial charge in [0.15, 0.2) is 6.61 Å². The normalized spacial score (nSPS) is 11.1. The van der Waals surface area contributed by atoms with Crippen LogP contribution >= 0.6 is 0 Å². The zero-order chi connectivity index (χ0) is 22.5. The second-order valence-electron chi connectivity index (χ2n) is 7.75. The van der Waals surface area contributed by atoms with Gasteiger partial charge < -0.3 is 19.0 Å². The third-order valence-corrected chi connectivity index (χ3v) is 5.19. The van der Waals surface area contributed by atoms with Crippen LogP contribution in [0.15, 0.2) is 47.1 Å². The zero-order valence-electron chi connectivity index (χ0n) is 18.6. The van der Waals surface area contributed by atoms with E-state index in [0.717, 1.165) is 45.1 Å². The molecule has 31 heavy (non-hydrogen) atoms. The summed E-state index contributed by atoms with van der Waals surface area (Å²) in [6, 6.07) is 9.78. The molecule has 0 unspecified atom stereocenters. The molecule has 1 amide bonds. The standard InChI is InChI=1S/C25H28N2O4/c1-16-11-17(2)25(18(3)12-16)26-23(28)15-31-24(29)9-8-21-13-19(4)27(20(21)5)14-22-7-6-10-30-22/h6-13H,14-15H2,1-5H3,(H,26,28)/b9-8+. The van der Waals surface area contributed by atoms with Crippen LogP contribution in [0.5, 0.6) is 0 Å². The molecule has 0 aliphatic rings. The predicted octanol–water partition coefficient (Wildman–Crippen LogP) is 4.87. The maximum Gasteiger partial charge on any atom is 0.331 e. The Morgan fingerprint density at radius 2 is 1.81 bits per heavy atom. The maximum atomic E-state index is 12.2. The summed E-state index contributed by atoms with van der Waals surface area (Å²) >= 11 is 0. The van der Waals surface area contributed by atoms with Crippen molar-refractivity contribution >= 4 is 23.6 Å². The van der Waals surface area contributed by atoms with Crippen LogP contribution < -0.4 is 5.32 Å². The second-order valence-corrected chi connectivity index (χ2v) is 7.75. The van der Waals surface area contributed by atoms with Crippen molar-refractivity contribution in [2.45, 2.75) is 41.2 Å². The lowest BCUT2D eigenvalue weighted by atomic mass is 10.1. The first kappa shape index (κ1) is 22.2. The van der Waals surface area contributed by atoms with E-state index in [1.165, 1.54) is 6.08 Å². The van der Waals surface area contributed by atoms with Gasteiger partial charge in [-0.1, -0.05) is 17.7 Å². The van der Waals surface area contributed by atoms with E-state index >= 15 is 0 Å². The predicted molar refractivity (Wildman–Crippen MR) is 121 cm³/mol. The molecule has 2 aromatic heterocycles. The van der Waals surface area contributed by atoms with E-state index in [2.05, 4.69) is 9.88 Å². The zero-order valence-corrected chi connectivity index (χ0v) is 18.6. The first-order valence-corrected chi connectivity index (χ1v) is 10.2. The molecule has 0 bridgehead atoms. The van der Waals surface area contributed by atoms with Crippen LogP contribution in [0.25, 0.3) is 6.08 Å². The third-order valence-electron chi connectivity index (χ3n) is 5.19. The van der Waals surface area contributed by atoms with Crippen molar-refractivity contribution in [2.24, 2.45) is 0 Å². The minimum Gasteiger partial charge on any atom is -0.467 e. The molecule has 3 rings (SSSR count). The van der Waals surface area contributed by atoms with Crippen LogP contribution in [0.4, 0.5) is 5.69 Å². The lowest BCUT2D eigenvalue weighted by Gasteiger charge is -2.12. The van der Waals surface area contributed by atoms with Gasteiger partial charge in [-0.15, -0.1) is 0 Å². The van der Waals surface area contributed by atoms with Crippen molar-refractivity contribution in [1.29, 1.82) is 0 Å². The van der Waals surface area contributed by atoms with Crippen molar-refractivity contribution < 1.29 is 18.7 Å². The third kappa shape index (κ3) is 5.54. The van der Waals surface area contributed by atoms with Gasteiger partial charge in [-0.05, 0) is 75.6 Å². The molecule has 6 heteroatoms. The lowest BCUT2D eigenvalue weighted by Crippen LogP contribution is -2.21. The molecule has 162 valence electrons. The molecule has 0 radical (unpaired) electrons. The molecule has 0 fully saturated rings. The molecule has 0 saturated heterocycles. The van der Waals surface area contributed by atoms with Crippen molar-refractivity contribution in [3.05, 3.63) is 82.1 Å². The number of aryl methyl sites for hydroxylation is 4. The van der Waals surface area contributed by atoms with Gasteiger partial charge in [0, 0.05) is 23.2 Å². The molecule has 1 aromatic carbocycles. The number of hydrogen-bond donors (Lipinski definition) is 1. The monoisotopic (exact) mass is 420 g/mol. The fourth-order valence-corrected chi connectivity index (χ4v) is 3.69. The maximum absolute atomic E-state index is 12.2. The molecular weight excluding hydrogens is 392 g/mol. The highest BCUT2D eigenvalue weighted by Gasteiger charge is 2.12. The quantitative estimate of drug-likeness (QED) is 0.437. The Bertz CT molecular complexity index is 1100. The van der Waals surface area contributed by atoms with Gasteiger partial charge >= 0.3 is 5.97 Å². The highest BCUT2D eigenvalue weighted by atomic mass is 16.5. The SMILES string of the molecule is Cc1cc(C)c(NC(=O)COC(=O)/C=C/c2cc(C)n(Cc3ccco3)c2C)c(C)c1. The molecule has 3 aromatic rings. The van der Waals surface area contributed by atoms with Crippen LogP contribution in [0.3, 0.4) is 0 Å². The van der Waals surface area contributed by atoms with Gasteiger partial charge in [0.25, 0.3) is 5.91 Å². The summed E-state index contributed by atoms with van der Waals surface area (Å²) in [5.41, 5.74) is 6.82. The Kier molecular flexibility index (Phi) is 6.80. The molecule has 1 N–H and O–H groups in total. The van der Waals surface area contributed by atoms with Gasteiger partial charge in [0.1, 0.15) is 5.76 Å². The number of ether oxygens (including phenoxy) is 1. The van der Waals surface area contributed by atoms with E-state index in [1.54, 1.807) is 12.3 Å². The minimum atomic E-state index is -0.566. The fourth-order valence-electron chi connectivity index (χ4n) is 3.69. The van der Waals surface area contributed by atoms with Crippen molar-refractivity contribution in [3.8, 4) is 0 Å². The van der Waals surface area contributed by atoms with E-state index in [1.807, 2.05) is 65.0 Å². The fraction of sp³-hybridized carbons (Fsp3) is 0.280. The Balaban J connectivity index is 1.57. The largest absolute Gasteiger partial charge is 0.467 e. The number of rotatable bonds is 7. The van der Waals surface area contributed by atoms with Crippen molar-refractivity contribution in [2.75, 3.05) is 11.9 Å². The van der Waals surface area contributed by atoms with Crippen LogP contribution in [-0.2, 0) is 20.9 Å². The number of nitrogens with zero attached hydrogens (tertiary/aromatic N) is 1. The molecule has 0 saturated carbocycles. The molecule has 0 atom stereocenters. The number of amides is 1. The Morgan fingerprint density at radius 3 is 2.45 bits per heavy atom. The summed E-state index contributed by atoms with van der Waals surface area (Å²) < 4.78 is 12.6. The molecule has 0 spiro atoms. The molecule has 2 heterocycles. The summed E-state index contributed by atoms with van der Waals surface area (Å²) in [5.74, 6) is -0.0708. The average Bonchev–Trinajstić information content (AvgIpc) is 3.31. The average molecular weight is 421 g/mol. The summed E-state index contributed by atoms with van der Waals surface area (Å²) in [6.07, 6.45) is 4.70. The van der Waals surface area contributed by atoms with Crippen LogP contribution in [0, 0.1) is 34.6 Å². The Morgan fingerprint density at radius 1 is 1.10 bits per heavy atom. The van der Waals surface area contributed by atoms with E-state index in [9.17, 15) is 9.59 Å². The molecular formula is C25H28N2O4. The number of hydrogen-bond acceptors (Lipinski definition) is 4. The number of carbonyl (C=O) groups excluding carboxylic acids is 2. The molecule has 0 aliphatic heterocycles. The molecule has 6 nitrogen and oxygen atoms in total. The highest BCUT2D eigenvalue weighted by Crippen LogP contribution is 2.22. The highest BCUT2D eigenvalue weighted by molar-refractivity contribution is 5.95. The topological polar surface area (TPSA) is 73.5 Å². The van der Waals surface area contributed by atoms with Crippen molar-refractivity contribution in [1.82, 2.24) is 4.57 Å². The number of aromatic nitrogens is 1. The van der Waals surface area contributed by atoms with E-state index in [-0.39, 0.29) is 12.5 Å². The summed E-state index contributed by atoms with van der Waals surface area (Å²) in [4.78, 5) is 24.3. The van der Waals surface area contributed by atoms with Gasteiger partial charge in [-0.2, -0.15) is 0 Å². The number of anilines is 1. The van der Waals surface area contributed by atoms with Gasteiger partial charge in [0.2, 0.25) is 0 Å². The van der Waals surface area contributed by atoms with Crippen molar-refractivity contribution in [3.63, 3.8) is 0 Å². The first-order valence-electron chi connectivity index (χ1n) is 10.2.